The molecule has 2 aromatic rings. The zero-order chi connectivity index (χ0) is 14.0. The molecule has 1 aromatic carbocycles. The molecule has 0 saturated carbocycles. The molecule has 0 saturated heterocycles. The van der Waals surface area contributed by atoms with Crippen LogP contribution in [0.5, 0.6) is 0 Å². The lowest BCUT2D eigenvalue weighted by Gasteiger charge is -2.06. The highest BCUT2D eigenvalue weighted by molar-refractivity contribution is 7.98. The predicted octanol–water partition coefficient (Wildman–Crippen LogP) is 3.73. The van der Waals surface area contributed by atoms with Gasteiger partial charge in [-0.05, 0) is 31.5 Å². The van der Waals surface area contributed by atoms with Crippen LogP contribution < -0.4 is 0 Å². The molecule has 19 heavy (non-hydrogen) atoms. The standard InChI is InChI=1S/C14H17ClN2OS/c1-9-13(14(15)17(3)16-9)8-19-12-6-4-11(5-7-12)10(2)18/h4-7,10,18H,8H2,1-3H3. The summed E-state index contributed by atoms with van der Waals surface area (Å²) < 4.78 is 1.70. The number of aliphatic hydroxyl groups excluding tert-OH is 1. The number of nitrogens with zero attached hydrogens (tertiary/aromatic N) is 2. The van der Waals surface area contributed by atoms with E-state index in [-0.39, 0.29) is 0 Å². The summed E-state index contributed by atoms with van der Waals surface area (Å²) in [7, 11) is 1.85. The molecule has 102 valence electrons. The number of aromatic nitrogens is 2. The average molecular weight is 297 g/mol. The van der Waals surface area contributed by atoms with Crippen LogP contribution >= 0.6 is 23.4 Å². The Kier molecular flexibility index (Phi) is 4.55. The number of thioether (sulfide) groups is 1. The van der Waals surface area contributed by atoms with E-state index in [4.69, 9.17) is 11.6 Å². The average Bonchev–Trinajstić information content (AvgIpc) is 2.62. The van der Waals surface area contributed by atoms with Crippen LogP contribution in [-0.2, 0) is 12.8 Å². The van der Waals surface area contributed by atoms with E-state index >= 15 is 0 Å². The van der Waals surface area contributed by atoms with E-state index in [1.165, 1.54) is 0 Å². The number of benzene rings is 1. The van der Waals surface area contributed by atoms with Crippen LogP contribution in [0.1, 0.15) is 29.8 Å². The second-order valence-electron chi connectivity index (χ2n) is 4.51. The Bertz CT molecular complexity index is 564. The van der Waals surface area contributed by atoms with E-state index in [0.717, 1.165) is 27.5 Å². The number of aliphatic hydroxyl groups is 1. The Hall–Kier alpha value is -0.970. The van der Waals surface area contributed by atoms with Gasteiger partial charge in [-0.3, -0.25) is 4.68 Å². The van der Waals surface area contributed by atoms with E-state index in [1.807, 2.05) is 38.2 Å². The normalized spacial score (nSPS) is 12.7. The minimum atomic E-state index is -0.422. The van der Waals surface area contributed by atoms with Gasteiger partial charge in [0.05, 0.1) is 11.8 Å². The monoisotopic (exact) mass is 296 g/mol. The Labute approximate surface area is 122 Å². The first-order valence-electron chi connectivity index (χ1n) is 6.08. The molecule has 1 heterocycles. The van der Waals surface area contributed by atoms with Gasteiger partial charge in [-0.2, -0.15) is 5.10 Å². The van der Waals surface area contributed by atoms with E-state index in [0.29, 0.717) is 5.15 Å². The second kappa shape index (κ2) is 5.99. The Morgan fingerprint density at radius 3 is 2.47 bits per heavy atom. The summed E-state index contributed by atoms with van der Waals surface area (Å²) in [6, 6.07) is 7.94. The van der Waals surface area contributed by atoms with Crippen LogP contribution in [0.3, 0.4) is 0 Å². The van der Waals surface area contributed by atoms with Crippen molar-refractivity contribution in [2.24, 2.45) is 7.05 Å². The molecule has 1 aromatic heterocycles. The molecule has 1 unspecified atom stereocenters. The molecule has 0 spiro atoms. The fraction of sp³-hybridized carbons (Fsp3) is 0.357. The fourth-order valence-corrected chi connectivity index (χ4v) is 3.14. The molecule has 0 aliphatic carbocycles. The number of halogens is 1. The molecule has 1 atom stereocenters. The van der Waals surface area contributed by atoms with Crippen molar-refractivity contribution >= 4 is 23.4 Å². The third-order valence-electron chi connectivity index (χ3n) is 3.02. The van der Waals surface area contributed by atoms with Gasteiger partial charge in [-0.15, -0.1) is 11.8 Å². The summed E-state index contributed by atoms with van der Waals surface area (Å²) in [5, 5.41) is 14.5. The first kappa shape index (κ1) is 14.4. The summed E-state index contributed by atoms with van der Waals surface area (Å²) in [5.74, 6) is 0.798. The first-order valence-corrected chi connectivity index (χ1v) is 7.44. The minimum Gasteiger partial charge on any atom is -0.389 e. The van der Waals surface area contributed by atoms with E-state index in [9.17, 15) is 5.11 Å². The van der Waals surface area contributed by atoms with Gasteiger partial charge >= 0.3 is 0 Å². The smallest absolute Gasteiger partial charge is 0.131 e. The van der Waals surface area contributed by atoms with Crippen molar-refractivity contribution in [3.05, 3.63) is 46.2 Å². The van der Waals surface area contributed by atoms with Gasteiger partial charge in [0.2, 0.25) is 0 Å². The summed E-state index contributed by atoms with van der Waals surface area (Å²) in [5.41, 5.74) is 2.98. The van der Waals surface area contributed by atoms with Crippen molar-refractivity contribution in [3.63, 3.8) is 0 Å². The summed E-state index contributed by atoms with van der Waals surface area (Å²) in [6.45, 7) is 3.74. The Morgan fingerprint density at radius 1 is 1.37 bits per heavy atom. The van der Waals surface area contributed by atoms with Crippen molar-refractivity contribution < 1.29 is 5.11 Å². The van der Waals surface area contributed by atoms with Gasteiger partial charge in [0.1, 0.15) is 5.15 Å². The summed E-state index contributed by atoms with van der Waals surface area (Å²) in [6.07, 6.45) is -0.422. The van der Waals surface area contributed by atoms with Crippen LogP contribution in [0, 0.1) is 6.92 Å². The molecule has 3 nitrogen and oxygen atoms in total. The van der Waals surface area contributed by atoms with Crippen LogP contribution in [0.15, 0.2) is 29.2 Å². The highest BCUT2D eigenvalue weighted by atomic mass is 35.5. The minimum absolute atomic E-state index is 0.422. The summed E-state index contributed by atoms with van der Waals surface area (Å²) in [4.78, 5) is 1.16. The maximum absolute atomic E-state index is 9.46. The van der Waals surface area contributed by atoms with Crippen molar-refractivity contribution in [2.75, 3.05) is 0 Å². The fourth-order valence-electron chi connectivity index (χ4n) is 1.84. The number of rotatable bonds is 4. The largest absolute Gasteiger partial charge is 0.389 e. The molecular formula is C14H17ClN2OS. The number of hydrogen-bond donors (Lipinski definition) is 1. The van der Waals surface area contributed by atoms with E-state index in [2.05, 4.69) is 5.10 Å². The number of aryl methyl sites for hydroxylation is 2. The number of hydrogen-bond acceptors (Lipinski definition) is 3. The van der Waals surface area contributed by atoms with E-state index in [1.54, 1.807) is 23.4 Å². The second-order valence-corrected chi connectivity index (χ2v) is 5.92. The molecule has 2 rings (SSSR count). The lowest BCUT2D eigenvalue weighted by Crippen LogP contribution is -1.90. The molecule has 0 amide bonds. The predicted molar refractivity (Wildman–Crippen MR) is 79.6 cm³/mol. The molecule has 0 aliphatic rings. The SMILES string of the molecule is Cc1nn(C)c(Cl)c1CSc1ccc(C(C)O)cc1. The quantitative estimate of drug-likeness (QED) is 0.874. The van der Waals surface area contributed by atoms with E-state index < -0.39 is 6.10 Å². The lowest BCUT2D eigenvalue weighted by atomic mass is 10.1. The zero-order valence-electron chi connectivity index (χ0n) is 11.2. The molecule has 0 aliphatic heterocycles. The van der Waals surface area contributed by atoms with Gasteiger partial charge in [0.15, 0.2) is 0 Å². The first-order chi connectivity index (χ1) is 8.99. The Balaban J connectivity index is 2.06. The van der Waals surface area contributed by atoms with Crippen LogP contribution in [-0.4, -0.2) is 14.9 Å². The van der Waals surface area contributed by atoms with Gasteiger partial charge in [-0.1, -0.05) is 23.7 Å². The van der Waals surface area contributed by atoms with Crippen molar-refractivity contribution in [2.45, 2.75) is 30.6 Å². The molecule has 0 radical (unpaired) electrons. The van der Waals surface area contributed by atoms with Gasteiger partial charge in [-0.25, -0.2) is 0 Å². The van der Waals surface area contributed by atoms with Gasteiger partial charge < -0.3 is 5.11 Å². The molecule has 0 bridgehead atoms. The maximum atomic E-state index is 9.46. The van der Waals surface area contributed by atoms with Crippen LogP contribution in [0.2, 0.25) is 5.15 Å². The molecule has 0 fully saturated rings. The van der Waals surface area contributed by atoms with Gasteiger partial charge in [0, 0.05) is 23.3 Å². The maximum Gasteiger partial charge on any atom is 0.131 e. The molecular weight excluding hydrogens is 280 g/mol. The van der Waals surface area contributed by atoms with Crippen molar-refractivity contribution in [1.82, 2.24) is 9.78 Å². The third kappa shape index (κ3) is 3.32. The highest BCUT2D eigenvalue weighted by Crippen LogP contribution is 2.29. The van der Waals surface area contributed by atoms with Crippen molar-refractivity contribution in [1.29, 1.82) is 0 Å². The topological polar surface area (TPSA) is 38.0 Å². The molecule has 1 N–H and O–H groups in total. The highest BCUT2D eigenvalue weighted by Gasteiger charge is 2.11. The Morgan fingerprint density at radius 2 is 2.00 bits per heavy atom. The zero-order valence-corrected chi connectivity index (χ0v) is 12.8. The van der Waals surface area contributed by atoms with Gasteiger partial charge in [0.25, 0.3) is 0 Å². The summed E-state index contributed by atoms with van der Waals surface area (Å²) >= 11 is 7.92. The molecule has 5 heteroatoms. The third-order valence-corrected chi connectivity index (χ3v) is 4.53. The van der Waals surface area contributed by atoms with Crippen LogP contribution in [0.4, 0.5) is 0 Å². The lowest BCUT2D eigenvalue weighted by molar-refractivity contribution is 0.199. The van der Waals surface area contributed by atoms with Crippen LogP contribution in [0.25, 0.3) is 0 Å². The van der Waals surface area contributed by atoms with Crippen molar-refractivity contribution in [3.8, 4) is 0 Å².